The summed E-state index contributed by atoms with van der Waals surface area (Å²) in [5, 5.41) is 4.79. The van der Waals surface area contributed by atoms with Gasteiger partial charge >= 0.3 is 0 Å². The summed E-state index contributed by atoms with van der Waals surface area (Å²) in [5.41, 5.74) is 1.62. The van der Waals surface area contributed by atoms with Gasteiger partial charge in [0, 0.05) is 29.8 Å². The molecule has 0 saturated carbocycles. The zero-order chi connectivity index (χ0) is 14.8. The monoisotopic (exact) mass is 301 g/mol. The van der Waals surface area contributed by atoms with Crippen molar-refractivity contribution in [2.75, 3.05) is 12.3 Å². The molecule has 1 aliphatic rings. The van der Waals surface area contributed by atoms with Crippen molar-refractivity contribution < 1.29 is 4.79 Å². The summed E-state index contributed by atoms with van der Waals surface area (Å²) in [6.07, 6.45) is 3.48. The zero-order valence-corrected chi connectivity index (χ0v) is 13.1. The molecule has 2 atom stereocenters. The van der Waals surface area contributed by atoms with Crippen molar-refractivity contribution in [3.63, 3.8) is 0 Å². The third-order valence-corrected chi connectivity index (χ3v) is 5.33. The highest BCUT2D eigenvalue weighted by Gasteiger charge is 2.30. The number of rotatable bonds is 2. The molecule has 1 aromatic heterocycles. The highest BCUT2D eigenvalue weighted by molar-refractivity contribution is 8.00. The van der Waals surface area contributed by atoms with Gasteiger partial charge in [-0.1, -0.05) is 25.1 Å². The molecule has 1 aliphatic heterocycles. The molecule has 0 bridgehead atoms. The van der Waals surface area contributed by atoms with Gasteiger partial charge in [0.1, 0.15) is 0 Å². The van der Waals surface area contributed by atoms with E-state index in [1.165, 1.54) is 0 Å². The molecule has 5 heteroatoms. The molecule has 1 amide bonds. The van der Waals surface area contributed by atoms with E-state index in [2.05, 4.69) is 18.9 Å². The second-order valence-electron chi connectivity index (χ2n) is 5.32. The van der Waals surface area contributed by atoms with Crippen LogP contribution in [0.15, 0.2) is 42.7 Å². The molecule has 3 rings (SSSR count). The Morgan fingerprint density at radius 2 is 2.05 bits per heavy atom. The molecule has 4 nitrogen and oxygen atoms in total. The first-order valence-electron chi connectivity index (χ1n) is 7.19. The van der Waals surface area contributed by atoms with Crippen molar-refractivity contribution in [3.05, 3.63) is 48.3 Å². The van der Waals surface area contributed by atoms with Crippen LogP contribution in [0.2, 0.25) is 0 Å². The minimum Gasteiger partial charge on any atom is -0.334 e. The van der Waals surface area contributed by atoms with Crippen molar-refractivity contribution in [1.29, 1.82) is 0 Å². The van der Waals surface area contributed by atoms with Crippen molar-refractivity contribution in [2.45, 2.75) is 25.1 Å². The maximum absolute atomic E-state index is 12.7. The van der Waals surface area contributed by atoms with E-state index < -0.39 is 0 Å². The van der Waals surface area contributed by atoms with Gasteiger partial charge in [0.15, 0.2) is 0 Å². The second-order valence-corrected chi connectivity index (χ2v) is 6.81. The zero-order valence-electron chi connectivity index (χ0n) is 12.3. The molecule has 1 saturated heterocycles. The van der Waals surface area contributed by atoms with Gasteiger partial charge < -0.3 is 4.90 Å². The summed E-state index contributed by atoms with van der Waals surface area (Å²) in [6, 6.07) is 10.1. The fraction of sp³-hybridized carbons (Fsp3) is 0.375. The number of thioether (sulfide) groups is 1. The maximum Gasteiger partial charge on any atom is 0.257 e. The van der Waals surface area contributed by atoms with E-state index in [9.17, 15) is 4.79 Å². The molecule has 0 spiro atoms. The predicted molar refractivity (Wildman–Crippen MR) is 86.0 cm³/mol. The van der Waals surface area contributed by atoms with Gasteiger partial charge in [0.05, 0.1) is 17.4 Å². The molecular formula is C16H19N3OS. The number of nitrogens with zero attached hydrogens (tertiary/aromatic N) is 3. The number of carbonyl (C=O) groups is 1. The molecule has 2 heterocycles. The Balaban J connectivity index is 1.81. The van der Waals surface area contributed by atoms with Gasteiger partial charge in [-0.3, -0.25) is 4.79 Å². The Bertz CT molecular complexity index is 625. The van der Waals surface area contributed by atoms with E-state index in [1.54, 1.807) is 10.9 Å². The summed E-state index contributed by atoms with van der Waals surface area (Å²) >= 11 is 1.93. The summed E-state index contributed by atoms with van der Waals surface area (Å²) in [7, 11) is 0. The lowest BCUT2D eigenvalue weighted by Gasteiger charge is -2.37. The number of benzene rings is 1. The molecule has 2 aromatic rings. The van der Waals surface area contributed by atoms with Gasteiger partial charge in [-0.15, -0.1) is 0 Å². The van der Waals surface area contributed by atoms with Crippen LogP contribution in [0.1, 0.15) is 24.2 Å². The second kappa shape index (κ2) is 5.93. The maximum atomic E-state index is 12.7. The SMILES string of the molecule is CC1SCCN(C(=O)c2cnn(-c3ccccc3)c2)C1C. The van der Waals surface area contributed by atoms with Crippen LogP contribution in [0.3, 0.4) is 0 Å². The summed E-state index contributed by atoms with van der Waals surface area (Å²) in [5.74, 6) is 1.08. The third kappa shape index (κ3) is 2.83. The number of para-hydroxylation sites is 1. The van der Waals surface area contributed by atoms with Gasteiger partial charge in [-0.05, 0) is 19.1 Å². The van der Waals surface area contributed by atoms with Crippen LogP contribution in [0.25, 0.3) is 5.69 Å². The van der Waals surface area contributed by atoms with Crippen LogP contribution < -0.4 is 0 Å². The average Bonchev–Trinajstić information content (AvgIpc) is 3.00. The van der Waals surface area contributed by atoms with E-state index in [-0.39, 0.29) is 11.9 Å². The van der Waals surface area contributed by atoms with Gasteiger partial charge in [-0.2, -0.15) is 16.9 Å². The lowest BCUT2D eigenvalue weighted by molar-refractivity contribution is 0.0698. The standard InChI is InChI=1S/C16H19N3OS/c1-12-13(2)21-9-8-18(12)16(20)14-10-17-19(11-14)15-6-4-3-5-7-15/h3-7,10-13H,8-9H2,1-2H3. The van der Waals surface area contributed by atoms with E-state index in [0.717, 1.165) is 18.0 Å². The quantitative estimate of drug-likeness (QED) is 0.856. The number of carbonyl (C=O) groups excluding carboxylic acids is 1. The average molecular weight is 301 g/mol. The lowest BCUT2D eigenvalue weighted by Crippen LogP contribution is -2.47. The van der Waals surface area contributed by atoms with Crippen LogP contribution in [0.4, 0.5) is 0 Å². The van der Waals surface area contributed by atoms with Gasteiger partial charge in [0.2, 0.25) is 0 Å². The Kier molecular flexibility index (Phi) is 4.01. The number of amides is 1. The number of hydrogen-bond acceptors (Lipinski definition) is 3. The summed E-state index contributed by atoms with van der Waals surface area (Å²) in [6.45, 7) is 5.12. The van der Waals surface area contributed by atoms with Crippen molar-refractivity contribution in [2.24, 2.45) is 0 Å². The van der Waals surface area contributed by atoms with E-state index in [0.29, 0.717) is 10.8 Å². The van der Waals surface area contributed by atoms with Crippen LogP contribution >= 0.6 is 11.8 Å². The minimum atomic E-state index is 0.0804. The fourth-order valence-electron chi connectivity index (χ4n) is 2.54. The molecule has 1 fully saturated rings. The summed E-state index contributed by atoms with van der Waals surface area (Å²) in [4.78, 5) is 14.6. The molecule has 2 unspecified atom stereocenters. The van der Waals surface area contributed by atoms with E-state index >= 15 is 0 Å². The molecule has 110 valence electrons. The third-order valence-electron chi connectivity index (χ3n) is 4.00. The predicted octanol–water partition coefficient (Wildman–Crippen LogP) is 2.84. The van der Waals surface area contributed by atoms with Gasteiger partial charge in [-0.25, -0.2) is 4.68 Å². The summed E-state index contributed by atoms with van der Waals surface area (Å²) < 4.78 is 1.75. The minimum absolute atomic E-state index is 0.0804. The first-order valence-corrected chi connectivity index (χ1v) is 8.24. The Labute approximate surface area is 129 Å². The van der Waals surface area contributed by atoms with Crippen LogP contribution in [-0.2, 0) is 0 Å². The highest BCUT2D eigenvalue weighted by Crippen LogP contribution is 2.25. The fourth-order valence-corrected chi connectivity index (χ4v) is 3.64. The topological polar surface area (TPSA) is 38.1 Å². The first kappa shape index (κ1) is 14.2. The molecule has 1 aromatic carbocycles. The smallest absolute Gasteiger partial charge is 0.257 e. The Morgan fingerprint density at radius 1 is 1.29 bits per heavy atom. The number of hydrogen-bond donors (Lipinski definition) is 0. The Morgan fingerprint density at radius 3 is 2.81 bits per heavy atom. The number of aromatic nitrogens is 2. The van der Waals surface area contributed by atoms with Crippen LogP contribution in [0, 0.1) is 0 Å². The first-order chi connectivity index (χ1) is 10.2. The molecular weight excluding hydrogens is 282 g/mol. The molecule has 0 aliphatic carbocycles. The normalized spacial score (nSPS) is 22.3. The van der Waals surface area contributed by atoms with Crippen LogP contribution in [-0.4, -0.2) is 44.2 Å². The Hall–Kier alpha value is -1.75. The highest BCUT2D eigenvalue weighted by atomic mass is 32.2. The van der Waals surface area contributed by atoms with E-state index in [4.69, 9.17) is 0 Å². The van der Waals surface area contributed by atoms with E-state index in [1.807, 2.05) is 53.2 Å². The largest absolute Gasteiger partial charge is 0.334 e. The van der Waals surface area contributed by atoms with Crippen molar-refractivity contribution in [3.8, 4) is 5.69 Å². The lowest BCUT2D eigenvalue weighted by atomic mass is 10.2. The van der Waals surface area contributed by atoms with Crippen molar-refractivity contribution in [1.82, 2.24) is 14.7 Å². The molecule has 0 radical (unpaired) electrons. The van der Waals surface area contributed by atoms with Crippen LogP contribution in [0.5, 0.6) is 0 Å². The van der Waals surface area contributed by atoms with Gasteiger partial charge in [0.25, 0.3) is 5.91 Å². The molecule has 0 N–H and O–H groups in total. The van der Waals surface area contributed by atoms with Crippen molar-refractivity contribution >= 4 is 17.7 Å². The molecule has 21 heavy (non-hydrogen) atoms.